The summed E-state index contributed by atoms with van der Waals surface area (Å²) in [5.74, 6) is 0.626. The molecule has 1 aliphatic rings. The number of halogens is 3. The summed E-state index contributed by atoms with van der Waals surface area (Å²) in [7, 11) is 0. The molecule has 3 aromatic rings. The molecule has 0 radical (unpaired) electrons. The maximum Gasteiger partial charge on any atom is 0.416 e. The number of aryl methyl sites for hydroxylation is 1. The van der Waals surface area contributed by atoms with Crippen molar-refractivity contribution in [3.8, 4) is 10.4 Å². The van der Waals surface area contributed by atoms with Gasteiger partial charge < -0.3 is 4.98 Å². The van der Waals surface area contributed by atoms with E-state index in [0.717, 1.165) is 28.1 Å². The van der Waals surface area contributed by atoms with Gasteiger partial charge in [0.15, 0.2) is 0 Å². The summed E-state index contributed by atoms with van der Waals surface area (Å²) in [6, 6.07) is 9.17. The highest BCUT2D eigenvalue weighted by Gasteiger charge is 2.30. The molecule has 8 heteroatoms. The summed E-state index contributed by atoms with van der Waals surface area (Å²) in [4.78, 5) is 23.3. The molecule has 2 aromatic heterocycles. The lowest BCUT2D eigenvalue weighted by Crippen LogP contribution is -2.35. The van der Waals surface area contributed by atoms with Gasteiger partial charge in [-0.25, -0.2) is 4.98 Å². The van der Waals surface area contributed by atoms with E-state index in [0.29, 0.717) is 36.5 Å². The van der Waals surface area contributed by atoms with E-state index in [1.165, 1.54) is 23.5 Å². The Labute approximate surface area is 163 Å². The molecule has 1 aliphatic heterocycles. The molecule has 0 atom stereocenters. The summed E-state index contributed by atoms with van der Waals surface area (Å²) in [5, 5.41) is 0. The molecule has 1 aromatic carbocycles. The maximum atomic E-state index is 12.9. The van der Waals surface area contributed by atoms with E-state index < -0.39 is 11.7 Å². The van der Waals surface area contributed by atoms with E-state index in [-0.39, 0.29) is 5.56 Å². The van der Waals surface area contributed by atoms with Gasteiger partial charge in [0.05, 0.1) is 16.8 Å². The highest BCUT2D eigenvalue weighted by Crippen LogP contribution is 2.35. The summed E-state index contributed by atoms with van der Waals surface area (Å²) < 4.78 is 38.8. The second-order valence-electron chi connectivity index (χ2n) is 6.88. The molecule has 0 aliphatic carbocycles. The van der Waals surface area contributed by atoms with Crippen molar-refractivity contribution >= 4 is 11.3 Å². The summed E-state index contributed by atoms with van der Waals surface area (Å²) >= 11 is 1.48. The molecule has 0 bridgehead atoms. The van der Waals surface area contributed by atoms with Crippen LogP contribution in [0.3, 0.4) is 0 Å². The summed E-state index contributed by atoms with van der Waals surface area (Å²) in [6.07, 6.45) is -3.64. The van der Waals surface area contributed by atoms with Crippen LogP contribution in [0.25, 0.3) is 10.4 Å². The molecule has 0 spiro atoms. The van der Waals surface area contributed by atoms with Crippen LogP contribution in [-0.4, -0.2) is 21.4 Å². The van der Waals surface area contributed by atoms with Crippen molar-refractivity contribution in [3.05, 3.63) is 74.3 Å². The number of nitrogens with zero attached hydrogens (tertiary/aromatic N) is 2. The molecular weight excluding hydrogens is 387 g/mol. The van der Waals surface area contributed by atoms with Crippen LogP contribution < -0.4 is 5.56 Å². The lowest BCUT2D eigenvalue weighted by atomic mass is 10.1. The number of hydrogen-bond donors (Lipinski definition) is 1. The topological polar surface area (TPSA) is 49.0 Å². The normalized spacial score (nSPS) is 14.9. The van der Waals surface area contributed by atoms with E-state index in [2.05, 4.69) is 14.9 Å². The number of nitrogens with one attached hydrogen (secondary N) is 1. The van der Waals surface area contributed by atoms with E-state index in [9.17, 15) is 18.0 Å². The Morgan fingerprint density at radius 2 is 2.07 bits per heavy atom. The molecule has 0 unspecified atom stereocenters. The first-order valence-corrected chi connectivity index (χ1v) is 9.68. The van der Waals surface area contributed by atoms with Crippen LogP contribution in [-0.2, 0) is 25.7 Å². The first kappa shape index (κ1) is 18.9. The molecule has 0 amide bonds. The predicted octanol–water partition coefficient (Wildman–Crippen LogP) is 4.38. The van der Waals surface area contributed by atoms with Gasteiger partial charge in [0.2, 0.25) is 0 Å². The smallest absolute Gasteiger partial charge is 0.310 e. The van der Waals surface area contributed by atoms with Gasteiger partial charge in [0, 0.05) is 35.8 Å². The fraction of sp³-hybridized carbons (Fsp3) is 0.300. The predicted molar refractivity (Wildman–Crippen MR) is 102 cm³/mol. The number of benzene rings is 1. The van der Waals surface area contributed by atoms with Gasteiger partial charge in [0.1, 0.15) is 5.82 Å². The first-order chi connectivity index (χ1) is 13.3. The van der Waals surface area contributed by atoms with E-state index >= 15 is 0 Å². The number of rotatable bonds is 3. The van der Waals surface area contributed by atoms with Gasteiger partial charge in [0.25, 0.3) is 5.56 Å². The van der Waals surface area contributed by atoms with Crippen LogP contribution in [0.15, 0.2) is 41.2 Å². The molecular formula is C20H18F3N3OS. The number of hydrogen-bond acceptors (Lipinski definition) is 4. The molecule has 4 nitrogen and oxygen atoms in total. The van der Waals surface area contributed by atoms with Crippen molar-refractivity contribution in [2.45, 2.75) is 32.6 Å². The SMILES string of the molecule is Cc1nc2c(c(=O)[nH]1)CN(Cc1ccc(-c3cccc(C(F)(F)F)c3)s1)CC2. The number of aromatic amines is 1. The monoisotopic (exact) mass is 405 g/mol. The minimum Gasteiger partial charge on any atom is -0.310 e. The van der Waals surface area contributed by atoms with Crippen molar-refractivity contribution in [1.82, 2.24) is 14.9 Å². The molecule has 28 heavy (non-hydrogen) atoms. The highest BCUT2D eigenvalue weighted by atomic mass is 32.1. The Balaban J connectivity index is 1.51. The van der Waals surface area contributed by atoms with Crippen molar-refractivity contribution in [2.24, 2.45) is 0 Å². The summed E-state index contributed by atoms with van der Waals surface area (Å²) in [6.45, 7) is 3.74. The van der Waals surface area contributed by atoms with Gasteiger partial charge >= 0.3 is 6.18 Å². The minimum absolute atomic E-state index is 0.0944. The molecule has 3 heterocycles. The maximum absolute atomic E-state index is 12.9. The van der Waals surface area contributed by atoms with E-state index in [1.54, 1.807) is 13.0 Å². The third-order valence-corrected chi connectivity index (χ3v) is 5.90. The molecule has 0 fully saturated rings. The summed E-state index contributed by atoms with van der Waals surface area (Å²) in [5.41, 5.74) is 1.38. The molecule has 146 valence electrons. The largest absolute Gasteiger partial charge is 0.416 e. The zero-order valence-corrected chi connectivity index (χ0v) is 16.0. The van der Waals surface area contributed by atoms with Crippen LogP contribution in [0.4, 0.5) is 13.2 Å². The Kier molecular flexibility index (Phi) is 4.84. The van der Waals surface area contributed by atoms with Crippen LogP contribution >= 0.6 is 11.3 Å². The minimum atomic E-state index is -4.35. The molecule has 0 saturated carbocycles. The standard InChI is InChI=1S/C20H18F3N3OS/c1-12-24-17-7-8-26(11-16(17)19(27)25-12)10-15-5-6-18(28-15)13-3-2-4-14(9-13)20(21,22)23/h2-6,9H,7-8,10-11H2,1H3,(H,24,25,27). The van der Waals surface area contributed by atoms with Crippen LogP contribution in [0, 0.1) is 6.92 Å². The molecule has 4 rings (SSSR count). The van der Waals surface area contributed by atoms with Crippen LogP contribution in [0.5, 0.6) is 0 Å². The van der Waals surface area contributed by atoms with Crippen molar-refractivity contribution < 1.29 is 13.2 Å². The highest BCUT2D eigenvalue weighted by molar-refractivity contribution is 7.15. The Hall–Kier alpha value is -2.45. The second-order valence-corrected chi connectivity index (χ2v) is 8.05. The van der Waals surface area contributed by atoms with Crippen LogP contribution in [0.2, 0.25) is 0 Å². The van der Waals surface area contributed by atoms with Gasteiger partial charge in [-0.3, -0.25) is 9.69 Å². The van der Waals surface area contributed by atoms with Crippen LogP contribution in [0.1, 0.15) is 27.5 Å². The van der Waals surface area contributed by atoms with Gasteiger partial charge in [-0.05, 0) is 36.8 Å². The Bertz CT molecular complexity index is 1070. The third-order valence-electron chi connectivity index (χ3n) is 4.78. The fourth-order valence-electron chi connectivity index (χ4n) is 3.43. The lowest BCUT2D eigenvalue weighted by molar-refractivity contribution is -0.137. The first-order valence-electron chi connectivity index (χ1n) is 8.87. The van der Waals surface area contributed by atoms with Crippen molar-refractivity contribution in [2.75, 3.05) is 6.54 Å². The second kappa shape index (κ2) is 7.18. The average Bonchev–Trinajstić information content (AvgIpc) is 3.10. The lowest BCUT2D eigenvalue weighted by Gasteiger charge is -2.27. The number of alkyl halides is 3. The molecule has 0 saturated heterocycles. The quantitative estimate of drug-likeness (QED) is 0.703. The van der Waals surface area contributed by atoms with Gasteiger partial charge in [-0.2, -0.15) is 13.2 Å². The number of aromatic nitrogens is 2. The fourth-order valence-corrected chi connectivity index (χ4v) is 4.47. The zero-order chi connectivity index (χ0) is 19.9. The zero-order valence-electron chi connectivity index (χ0n) is 15.1. The third kappa shape index (κ3) is 3.88. The van der Waals surface area contributed by atoms with Gasteiger partial charge in [-0.1, -0.05) is 12.1 Å². The number of H-pyrrole nitrogens is 1. The Morgan fingerprint density at radius 1 is 1.25 bits per heavy atom. The van der Waals surface area contributed by atoms with Crippen molar-refractivity contribution in [1.29, 1.82) is 0 Å². The number of thiophene rings is 1. The Morgan fingerprint density at radius 3 is 2.86 bits per heavy atom. The average molecular weight is 405 g/mol. The molecule has 1 N–H and O–H groups in total. The van der Waals surface area contributed by atoms with E-state index in [4.69, 9.17) is 0 Å². The van der Waals surface area contributed by atoms with E-state index in [1.807, 2.05) is 12.1 Å². The van der Waals surface area contributed by atoms with Gasteiger partial charge in [-0.15, -0.1) is 11.3 Å². The van der Waals surface area contributed by atoms with Crippen molar-refractivity contribution in [3.63, 3.8) is 0 Å². The number of fused-ring (bicyclic) bond motifs is 1.